The summed E-state index contributed by atoms with van der Waals surface area (Å²) in [5, 5.41) is 13.8. The average molecular weight is 412 g/mol. The summed E-state index contributed by atoms with van der Waals surface area (Å²) in [6.45, 7) is 8.21. The Bertz CT molecular complexity index is 867. The lowest BCUT2D eigenvalue weighted by molar-refractivity contribution is -0.137. The van der Waals surface area contributed by atoms with Gasteiger partial charge in [-0.05, 0) is 34.5 Å². The van der Waals surface area contributed by atoms with Gasteiger partial charge in [0.25, 0.3) is 8.32 Å². The fraction of sp³-hybridized carbons (Fsp3) is 0.261. The van der Waals surface area contributed by atoms with Gasteiger partial charge in [-0.2, -0.15) is 0 Å². The van der Waals surface area contributed by atoms with Gasteiger partial charge >= 0.3 is 0 Å². The van der Waals surface area contributed by atoms with Crippen molar-refractivity contribution in [1.82, 2.24) is 4.98 Å². The molecule has 0 bridgehead atoms. The highest BCUT2D eigenvalue weighted by Gasteiger charge is 2.53. The first-order valence-electron chi connectivity index (χ1n) is 9.32. The largest absolute Gasteiger partial charge is 0.377 e. The highest BCUT2D eigenvalue weighted by atomic mass is 35.5. The van der Waals surface area contributed by atoms with Gasteiger partial charge in [-0.1, -0.05) is 93.0 Å². The molecule has 1 aromatic heterocycles. The van der Waals surface area contributed by atoms with Crippen LogP contribution in [-0.2, 0) is 10.2 Å². The Morgan fingerprint density at radius 2 is 1.32 bits per heavy atom. The Kier molecular flexibility index (Phi) is 5.78. The number of rotatable bonds is 5. The van der Waals surface area contributed by atoms with Crippen molar-refractivity contribution >= 4 is 30.3 Å². The summed E-state index contributed by atoms with van der Waals surface area (Å²) in [6.07, 6.45) is 1.57. The number of aromatic nitrogens is 1. The molecule has 0 aliphatic heterocycles. The predicted octanol–water partition coefficient (Wildman–Crippen LogP) is 4.48. The first-order chi connectivity index (χ1) is 13.2. The van der Waals surface area contributed by atoms with E-state index in [9.17, 15) is 5.11 Å². The molecule has 0 fully saturated rings. The number of hydrogen-bond donors (Lipinski definition) is 1. The molecule has 3 aromatic rings. The second-order valence-electron chi connectivity index (χ2n) is 8.12. The Hall–Kier alpha value is -1.98. The lowest BCUT2D eigenvalue weighted by atomic mass is 10.1. The number of benzene rings is 2. The number of nitrogens with zero attached hydrogens (tertiary/aromatic N) is 1. The molecule has 3 nitrogen and oxygen atoms in total. The third-order valence-electron chi connectivity index (χ3n) is 5.03. The second kappa shape index (κ2) is 7.80. The van der Waals surface area contributed by atoms with E-state index in [1.54, 1.807) is 25.3 Å². The monoisotopic (exact) mass is 411 g/mol. The van der Waals surface area contributed by atoms with Gasteiger partial charge in [-0.3, -0.25) is 0 Å². The third kappa shape index (κ3) is 3.91. The zero-order chi connectivity index (χ0) is 20.4. The van der Waals surface area contributed by atoms with Crippen molar-refractivity contribution < 1.29 is 9.53 Å². The Balaban J connectivity index is 2.22. The van der Waals surface area contributed by atoms with Crippen LogP contribution < -0.4 is 10.4 Å². The summed E-state index contributed by atoms with van der Waals surface area (Å²) in [4.78, 5) is 4.12. The molecule has 1 atom stereocenters. The lowest BCUT2D eigenvalue weighted by Gasteiger charge is -2.46. The van der Waals surface area contributed by atoms with Crippen LogP contribution in [0.2, 0.25) is 10.2 Å². The fourth-order valence-electron chi connectivity index (χ4n) is 3.66. The summed E-state index contributed by atoms with van der Waals surface area (Å²) >= 11 is 5.93. The molecule has 0 saturated carbocycles. The minimum Gasteiger partial charge on any atom is -0.377 e. The van der Waals surface area contributed by atoms with E-state index in [1.165, 1.54) is 0 Å². The van der Waals surface area contributed by atoms with Crippen molar-refractivity contribution in [2.24, 2.45) is 0 Å². The third-order valence-corrected chi connectivity index (χ3v) is 10.4. The van der Waals surface area contributed by atoms with Crippen molar-refractivity contribution in [3.05, 3.63) is 89.7 Å². The van der Waals surface area contributed by atoms with Crippen LogP contribution in [0.1, 0.15) is 33.3 Å². The molecule has 1 N–H and O–H groups in total. The second-order valence-corrected chi connectivity index (χ2v) is 12.7. The summed E-state index contributed by atoms with van der Waals surface area (Å²) < 4.78 is 6.80. The van der Waals surface area contributed by atoms with E-state index in [2.05, 4.69) is 50.0 Å². The van der Waals surface area contributed by atoms with Gasteiger partial charge < -0.3 is 9.53 Å². The SMILES string of the molecule is CC(O)(O[Si](c1ccccc1)(c1ccccc1)C(C)(C)C)c1ccc(Cl)nc1. The summed E-state index contributed by atoms with van der Waals surface area (Å²) in [5.74, 6) is -1.53. The normalized spacial score (nSPS) is 14.5. The van der Waals surface area contributed by atoms with Gasteiger partial charge in [-0.15, -0.1) is 0 Å². The van der Waals surface area contributed by atoms with E-state index in [4.69, 9.17) is 16.0 Å². The number of aliphatic hydroxyl groups is 1. The quantitative estimate of drug-likeness (QED) is 0.382. The molecule has 28 heavy (non-hydrogen) atoms. The number of halogens is 1. The molecule has 0 aliphatic rings. The topological polar surface area (TPSA) is 42.4 Å². The Morgan fingerprint density at radius 1 is 0.821 bits per heavy atom. The summed E-state index contributed by atoms with van der Waals surface area (Å²) in [5.41, 5.74) is 0.574. The van der Waals surface area contributed by atoms with Crippen molar-refractivity contribution in [3.63, 3.8) is 0 Å². The van der Waals surface area contributed by atoms with E-state index < -0.39 is 14.1 Å². The standard InChI is InChI=1S/C23H26ClNO2Si/c1-22(2,3)28(19-11-7-5-8-12-19,20-13-9-6-10-14-20)27-23(4,26)18-15-16-21(24)25-17-18/h5-17,26H,1-4H3. The molecule has 0 amide bonds. The molecule has 0 aliphatic carbocycles. The molecule has 0 radical (unpaired) electrons. The maximum Gasteiger partial charge on any atom is 0.265 e. The zero-order valence-electron chi connectivity index (χ0n) is 16.7. The first kappa shape index (κ1) is 20.7. The molecule has 0 saturated heterocycles. The highest BCUT2D eigenvalue weighted by molar-refractivity contribution is 6.99. The maximum atomic E-state index is 11.4. The number of hydrogen-bond acceptors (Lipinski definition) is 3. The van der Waals surface area contributed by atoms with E-state index >= 15 is 0 Å². The van der Waals surface area contributed by atoms with Crippen molar-refractivity contribution in [2.45, 2.75) is 38.5 Å². The predicted molar refractivity (Wildman–Crippen MR) is 118 cm³/mol. The van der Waals surface area contributed by atoms with Gasteiger partial charge in [0, 0.05) is 11.8 Å². The van der Waals surface area contributed by atoms with Crippen LogP contribution in [0, 0.1) is 0 Å². The van der Waals surface area contributed by atoms with Crippen LogP contribution in [0.4, 0.5) is 0 Å². The van der Waals surface area contributed by atoms with Crippen LogP contribution in [-0.4, -0.2) is 18.4 Å². The van der Waals surface area contributed by atoms with E-state index in [1.807, 2.05) is 36.4 Å². The molecule has 2 aromatic carbocycles. The van der Waals surface area contributed by atoms with Gasteiger partial charge in [0.1, 0.15) is 5.15 Å². The van der Waals surface area contributed by atoms with Gasteiger partial charge in [-0.25, -0.2) is 4.98 Å². The molecule has 1 unspecified atom stereocenters. The zero-order valence-corrected chi connectivity index (χ0v) is 18.4. The Morgan fingerprint density at radius 3 is 1.71 bits per heavy atom. The molecule has 1 heterocycles. The molecule has 3 rings (SSSR count). The fourth-order valence-corrected chi connectivity index (χ4v) is 8.41. The highest BCUT2D eigenvalue weighted by Crippen LogP contribution is 2.40. The minimum absolute atomic E-state index is 0.237. The molecule has 0 spiro atoms. The van der Waals surface area contributed by atoms with E-state index in [-0.39, 0.29) is 5.04 Å². The van der Waals surface area contributed by atoms with Crippen molar-refractivity contribution in [2.75, 3.05) is 0 Å². The summed E-state index contributed by atoms with van der Waals surface area (Å²) in [6, 6.07) is 23.9. The van der Waals surface area contributed by atoms with Crippen LogP contribution in [0.5, 0.6) is 0 Å². The van der Waals surface area contributed by atoms with Crippen LogP contribution in [0.3, 0.4) is 0 Å². The smallest absolute Gasteiger partial charge is 0.265 e. The van der Waals surface area contributed by atoms with Crippen LogP contribution in [0.25, 0.3) is 0 Å². The van der Waals surface area contributed by atoms with Gasteiger partial charge in [0.15, 0.2) is 5.79 Å². The maximum absolute atomic E-state index is 11.4. The van der Waals surface area contributed by atoms with Crippen LogP contribution in [0.15, 0.2) is 79.0 Å². The molecular formula is C23H26ClNO2Si. The average Bonchev–Trinajstić information content (AvgIpc) is 2.67. The lowest BCUT2D eigenvalue weighted by Crippen LogP contribution is -2.68. The number of pyridine rings is 1. The van der Waals surface area contributed by atoms with Crippen molar-refractivity contribution in [3.8, 4) is 0 Å². The first-order valence-corrected chi connectivity index (χ1v) is 11.6. The van der Waals surface area contributed by atoms with E-state index in [0.717, 1.165) is 10.4 Å². The van der Waals surface area contributed by atoms with Crippen molar-refractivity contribution in [1.29, 1.82) is 0 Å². The molecule has 5 heteroatoms. The minimum atomic E-state index is -2.89. The molecular weight excluding hydrogens is 386 g/mol. The van der Waals surface area contributed by atoms with E-state index in [0.29, 0.717) is 10.7 Å². The molecule has 146 valence electrons. The van der Waals surface area contributed by atoms with Crippen LogP contribution >= 0.6 is 11.6 Å². The Labute approximate surface area is 173 Å². The van der Waals surface area contributed by atoms with Gasteiger partial charge in [0.2, 0.25) is 0 Å². The summed E-state index contributed by atoms with van der Waals surface area (Å²) in [7, 11) is -2.89. The van der Waals surface area contributed by atoms with Gasteiger partial charge in [0.05, 0.1) is 0 Å².